The average molecular weight is 402 g/mol. The van der Waals surface area contributed by atoms with Crippen LogP contribution in [0.4, 0.5) is 5.69 Å². The molecule has 0 fully saturated rings. The van der Waals surface area contributed by atoms with E-state index in [1.54, 1.807) is 24.3 Å². The van der Waals surface area contributed by atoms with Gasteiger partial charge < -0.3 is 15.5 Å². The Hall–Kier alpha value is -2.53. The van der Waals surface area contributed by atoms with Crippen molar-refractivity contribution in [1.29, 1.82) is 0 Å². The minimum absolute atomic E-state index is 0.0431. The summed E-state index contributed by atoms with van der Waals surface area (Å²) in [7, 11) is 2.03. The number of hydrogen-bond acceptors (Lipinski definition) is 3. The first kappa shape index (κ1) is 21.8. The molecule has 1 atom stereocenters. The minimum Gasteiger partial charge on any atom is -0.375 e. The summed E-state index contributed by atoms with van der Waals surface area (Å²) in [4.78, 5) is 27.2. The lowest BCUT2D eigenvalue weighted by Crippen LogP contribution is -2.50. The van der Waals surface area contributed by atoms with Crippen LogP contribution < -0.4 is 15.5 Å². The topological polar surface area (TPSA) is 61.4 Å². The standard InChI is InChI=1S/C22H28ClN3O2/c1-16(2)20(25-21(27)18-12-7-8-13-19(18)23)22(28)24-14-9-15-26(3)17-10-5-4-6-11-17/h4-8,10-13,16,20H,9,14-15H2,1-3H3,(H,24,28)(H,25,27). The molecule has 0 aliphatic rings. The molecule has 0 saturated carbocycles. The zero-order chi connectivity index (χ0) is 20.5. The van der Waals surface area contributed by atoms with Gasteiger partial charge in [0.15, 0.2) is 0 Å². The Morgan fingerprint density at radius 3 is 2.32 bits per heavy atom. The van der Waals surface area contributed by atoms with Crippen molar-refractivity contribution in [3.63, 3.8) is 0 Å². The van der Waals surface area contributed by atoms with E-state index < -0.39 is 6.04 Å². The molecule has 0 bridgehead atoms. The van der Waals surface area contributed by atoms with Gasteiger partial charge in [-0.05, 0) is 36.6 Å². The van der Waals surface area contributed by atoms with E-state index in [4.69, 9.17) is 11.6 Å². The van der Waals surface area contributed by atoms with E-state index in [2.05, 4.69) is 27.7 Å². The predicted octanol–water partition coefficient (Wildman–Crippen LogP) is 3.74. The Morgan fingerprint density at radius 2 is 1.68 bits per heavy atom. The number of para-hydroxylation sites is 1. The molecule has 0 aliphatic heterocycles. The minimum atomic E-state index is -0.615. The van der Waals surface area contributed by atoms with Crippen molar-refractivity contribution >= 4 is 29.1 Å². The van der Waals surface area contributed by atoms with E-state index in [-0.39, 0.29) is 17.7 Å². The molecule has 5 nitrogen and oxygen atoms in total. The first-order valence-electron chi connectivity index (χ1n) is 9.49. The highest BCUT2D eigenvalue weighted by molar-refractivity contribution is 6.33. The fourth-order valence-corrected chi connectivity index (χ4v) is 3.07. The Labute approximate surface area is 172 Å². The number of carbonyl (C=O) groups excluding carboxylic acids is 2. The van der Waals surface area contributed by atoms with Crippen LogP contribution in [0.25, 0.3) is 0 Å². The maximum Gasteiger partial charge on any atom is 0.253 e. The second kappa shape index (κ2) is 10.7. The summed E-state index contributed by atoms with van der Waals surface area (Å²) < 4.78 is 0. The third kappa shape index (κ3) is 6.27. The Bertz CT molecular complexity index is 780. The highest BCUT2D eigenvalue weighted by atomic mass is 35.5. The van der Waals surface area contributed by atoms with Crippen molar-refractivity contribution in [1.82, 2.24) is 10.6 Å². The summed E-state index contributed by atoms with van der Waals surface area (Å²) in [6, 6.07) is 16.3. The van der Waals surface area contributed by atoms with Crippen LogP contribution in [0.3, 0.4) is 0 Å². The molecule has 0 radical (unpaired) electrons. The van der Waals surface area contributed by atoms with Crippen molar-refractivity contribution in [2.24, 2.45) is 5.92 Å². The first-order chi connectivity index (χ1) is 13.4. The van der Waals surface area contributed by atoms with Gasteiger partial charge in [-0.1, -0.05) is 55.8 Å². The number of benzene rings is 2. The molecule has 0 aromatic heterocycles. The second-order valence-corrected chi connectivity index (χ2v) is 7.48. The lowest BCUT2D eigenvalue weighted by molar-refractivity contribution is -0.123. The van der Waals surface area contributed by atoms with Gasteiger partial charge in [-0.2, -0.15) is 0 Å². The lowest BCUT2D eigenvalue weighted by atomic mass is 10.0. The van der Waals surface area contributed by atoms with Crippen LogP contribution in [-0.2, 0) is 4.79 Å². The number of anilines is 1. The molecule has 0 aliphatic carbocycles. The molecule has 2 rings (SSSR count). The summed E-state index contributed by atoms with van der Waals surface area (Å²) in [6.07, 6.45) is 0.806. The molecule has 0 saturated heterocycles. The third-order valence-corrected chi connectivity index (χ3v) is 4.85. The highest BCUT2D eigenvalue weighted by Gasteiger charge is 2.25. The Morgan fingerprint density at radius 1 is 1.04 bits per heavy atom. The SMILES string of the molecule is CC(C)C(NC(=O)c1ccccc1Cl)C(=O)NCCCN(C)c1ccccc1. The monoisotopic (exact) mass is 401 g/mol. The van der Waals surface area contributed by atoms with Crippen LogP contribution in [0.15, 0.2) is 54.6 Å². The molecule has 6 heteroatoms. The Kier molecular flexibility index (Phi) is 8.33. The molecule has 0 spiro atoms. The van der Waals surface area contributed by atoms with Crippen molar-refractivity contribution < 1.29 is 9.59 Å². The summed E-state index contributed by atoms with van der Waals surface area (Å²) in [5.74, 6) is -0.570. The zero-order valence-corrected chi connectivity index (χ0v) is 17.4. The zero-order valence-electron chi connectivity index (χ0n) is 16.6. The van der Waals surface area contributed by atoms with E-state index in [1.807, 2.05) is 39.1 Å². The molecule has 1 unspecified atom stereocenters. The van der Waals surface area contributed by atoms with Crippen LogP contribution in [0.5, 0.6) is 0 Å². The molecular formula is C22H28ClN3O2. The van der Waals surface area contributed by atoms with Crippen molar-refractivity contribution in [3.8, 4) is 0 Å². The van der Waals surface area contributed by atoms with Gasteiger partial charge in [0.05, 0.1) is 10.6 Å². The number of nitrogens with one attached hydrogen (secondary N) is 2. The van der Waals surface area contributed by atoms with Crippen LogP contribution in [0.2, 0.25) is 5.02 Å². The van der Waals surface area contributed by atoms with Gasteiger partial charge in [-0.25, -0.2) is 0 Å². The van der Waals surface area contributed by atoms with Crippen LogP contribution in [0, 0.1) is 5.92 Å². The largest absolute Gasteiger partial charge is 0.375 e. The van der Waals surface area contributed by atoms with Gasteiger partial charge in [-0.3, -0.25) is 9.59 Å². The second-order valence-electron chi connectivity index (χ2n) is 7.08. The van der Waals surface area contributed by atoms with Crippen molar-refractivity contribution in [2.45, 2.75) is 26.3 Å². The average Bonchev–Trinajstić information content (AvgIpc) is 2.69. The van der Waals surface area contributed by atoms with E-state index >= 15 is 0 Å². The van der Waals surface area contributed by atoms with Crippen molar-refractivity contribution in [2.75, 3.05) is 25.0 Å². The summed E-state index contributed by atoms with van der Waals surface area (Å²) in [5.41, 5.74) is 1.51. The number of amides is 2. The van der Waals surface area contributed by atoms with Gasteiger partial charge in [0.25, 0.3) is 5.91 Å². The van der Waals surface area contributed by atoms with Crippen molar-refractivity contribution in [3.05, 3.63) is 65.2 Å². The molecule has 0 heterocycles. The summed E-state index contributed by atoms with van der Waals surface area (Å²) in [5, 5.41) is 6.10. The Balaban J connectivity index is 1.84. The van der Waals surface area contributed by atoms with E-state index in [1.165, 1.54) is 0 Å². The van der Waals surface area contributed by atoms with Gasteiger partial charge in [0.2, 0.25) is 5.91 Å². The highest BCUT2D eigenvalue weighted by Crippen LogP contribution is 2.15. The third-order valence-electron chi connectivity index (χ3n) is 4.52. The summed E-state index contributed by atoms with van der Waals surface area (Å²) in [6.45, 7) is 5.17. The van der Waals surface area contributed by atoms with E-state index in [0.29, 0.717) is 17.1 Å². The number of nitrogens with zero attached hydrogens (tertiary/aromatic N) is 1. The number of rotatable bonds is 9. The fraction of sp³-hybridized carbons (Fsp3) is 0.364. The van der Waals surface area contributed by atoms with Gasteiger partial charge in [0.1, 0.15) is 6.04 Å². The lowest BCUT2D eigenvalue weighted by Gasteiger charge is -2.23. The first-order valence-corrected chi connectivity index (χ1v) is 9.87. The van der Waals surface area contributed by atoms with E-state index in [9.17, 15) is 9.59 Å². The van der Waals surface area contributed by atoms with Crippen LogP contribution in [0.1, 0.15) is 30.6 Å². The normalized spacial score (nSPS) is 11.8. The number of halogens is 1. The molecule has 2 aromatic rings. The maximum absolute atomic E-state index is 12.6. The van der Waals surface area contributed by atoms with Gasteiger partial charge >= 0.3 is 0 Å². The van der Waals surface area contributed by atoms with Gasteiger partial charge in [-0.15, -0.1) is 0 Å². The molecule has 150 valence electrons. The summed E-state index contributed by atoms with van der Waals surface area (Å²) >= 11 is 6.08. The van der Waals surface area contributed by atoms with E-state index in [0.717, 1.165) is 18.7 Å². The van der Waals surface area contributed by atoms with Crippen LogP contribution in [-0.4, -0.2) is 38.0 Å². The molecule has 2 aromatic carbocycles. The quantitative estimate of drug-likeness (QED) is 0.629. The van der Waals surface area contributed by atoms with Gasteiger partial charge in [0, 0.05) is 25.8 Å². The number of carbonyl (C=O) groups is 2. The smallest absolute Gasteiger partial charge is 0.253 e. The molecule has 2 amide bonds. The fourth-order valence-electron chi connectivity index (χ4n) is 2.85. The molecule has 2 N–H and O–H groups in total. The molecule has 28 heavy (non-hydrogen) atoms. The predicted molar refractivity (Wildman–Crippen MR) is 115 cm³/mol. The maximum atomic E-state index is 12.6. The number of hydrogen-bond donors (Lipinski definition) is 2. The molecular weight excluding hydrogens is 374 g/mol. The van der Waals surface area contributed by atoms with Crippen LogP contribution >= 0.6 is 11.6 Å².